The number of hydrogen-bond acceptors (Lipinski definition) is 8. The van der Waals surface area contributed by atoms with Crippen LogP contribution in [0.1, 0.15) is 54.2 Å². The molecule has 2 heterocycles. The molecule has 2 N–H and O–H groups in total. The van der Waals surface area contributed by atoms with Crippen molar-refractivity contribution in [2.45, 2.75) is 77.6 Å². The maximum atomic E-state index is 13.3. The summed E-state index contributed by atoms with van der Waals surface area (Å²) in [6.07, 6.45) is -1.10. The predicted molar refractivity (Wildman–Crippen MR) is 114 cm³/mol. The van der Waals surface area contributed by atoms with Crippen molar-refractivity contribution < 1.29 is 28.0 Å². The van der Waals surface area contributed by atoms with Crippen LogP contribution in [0.15, 0.2) is 15.8 Å². The van der Waals surface area contributed by atoms with Crippen LogP contribution >= 0.6 is 30.4 Å². The number of H-pyrrole nitrogens is 1. The minimum atomic E-state index is -4.05. The van der Waals surface area contributed by atoms with Crippen molar-refractivity contribution in [3.8, 4) is 0 Å². The molecule has 166 valence electrons. The van der Waals surface area contributed by atoms with Crippen LogP contribution in [0.3, 0.4) is 0 Å². The minimum Gasteiger partial charge on any atom is -0.394 e. The summed E-state index contributed by atoms with van der Waals surface area (Å²) in [5.41, 5.74) is -2.79. The Hall–Kier alpha value is -0.560. The molecule has 0 aromatic carbocycles. The van der Waals surface area contributed by atoms with Crippen LogP contribution in [0.4, 0.5) is 0 Å². The fourth-order valence-electron chi connectivity index (χ4n) is 2.72. The SMILES string of the molecule is CC(C)(C)OP(=O)(O[C@H]1C[C@H](n2cc(I)c(=O)[nH]c2=O)O[C@@H]1CO)OC(C)(C)C. The summed E-state index contributed by atoms with van der Waals surface area (Å²) in [5, 5.41) is 9.71. The van der Waals surface area contributed by atoms with E-state index in [1.165, 1.54) is 10.8 Å². The first-order chi connectivity index (χ1) is 13.1. The van der Waals surface area contributed by atoms with Gasteiger partial charge in [0.25, 0.3) is 5.56 Å². The smallest absolute Gasteiger partial charge is 0.394 e. The van der Waals surface area contributed by atoms with Crippen molar-refractivity contribution in [2.75, 3.05) is 6.61 Å². The second-order valence-electron chi connectivity index (χ2n) is 8.69. The molecule has 0 radical (unpaired) electrons. The molecular weight excluding hydrogens is 518 g/mol. The monoisotopic (exact) mass is 546 g/mol. The van der Waals surface area contributed by atoms with Crippen LogP contribution in [0.5, 0.6) is 0 Å². The molecule has 1 aromatic heterocycles. The van der Waals surface area contributed by atoms with E-state index in [-0.39, 0.29) is 6.42 Å². The highest BCUT2D eigenvalue weighted by molar-refractivity contribution is 14.1. The number of ether oxygens (including phenoxy) is 1. The summed E-state index contributed by atoms with van der Waals surface area (Å²) < 4.78 is 37.5. The van der Waals surface area contributed by atoms with Crippen molar-refractivity contribution >= 4 is 30.4 Å². The van der Waals surface area contributed by atoms with Crippen LogP contribution in [-0.4, -0.2) is 44.7 Å². The lowest BCUT2D eigenvalue weighted by Gasteiger charge is -2.32. The van der Waals surface area contributed by atoms with E-state index in [2.05, 4.69) is 4.98 Å². The normalized spacial score (nSPS) is 23.5. The van der Waals surface area contributed by atoms with Gasteiger partial charge >= 0.3 is 13.5 Å². The third-order valence-electron chi connectivity index (χ3n) is 3.63. The molecule has 2 rings (SSSR count). The highest BCUT2D eigenvalue weighted by Crippen LogP contribution is 2.57. The Morgan fingerprint density at radius 3 is 2.28 bits per heavy atom. The molecule has 10 nitrogen and oxygen atoms in total. The van der Waals surface area contributed by atoms with Gasteiger partial charge in [-0.3, -0.25) is 27.9 Å². The average molecular weight is 546 g/mol. The zero-order valence-corrected chi connectivity index (χ0v) is 20.4. The average Bonchev–Trinajstić information content (AvgIpc) is 2.88. The maximum absolute atomic E-state index is 13.3. The van der Waals surface area contributed by atoms with Crippen LogP contribution in [0.2, 0.25) is 0 Å². The number of aromatic nitrogens is 2. The van der Waals surface area contributed by atoms with E-state index in [4.69, 9.17) is 18.3 Å². The van der Waals surface area contributed by atoms with E-state index in [0.717, 1.165) is 0 Å². The van der Waals surface area contributed by atoms with Gasteiger partial charge in [0.05, 0.1) is 21.4 Å². The molecule has 1 aliphatic rings. The molecule has 12 heteroatoms. The summed E-state index contributed by atoms with van der Waals surface area (Å²) in [6.45, 7) is 9.87. The fourth-order valence-corrected chi connectivity index (χ4v) is 5.17. The summed E-state index contributed by atoms with van der Waals surface area (Å²) in [4.78, 5) is 26.0. The lowest BCUT2D eigenvalue weighted by Crippen LogP contribution is -2.33. The van der Waals surface area contributed by atoms with E-state index in [1.807, 2.05) is 0 Å². The number of phosphoric acid groups is 1. The first-order valence-electron chi connectivity index (χ1n) is 9.10. The second kappa shape index (κ2) is 8.89. The van der Waals surface area contributed by atoms with E-state index in [1.54, 1.807) is 64.1 Å². The maximum Gasteiger partial charge on any atom is 0.476 e. The van der Waals surface area contributed by atoms with Gasteiger partial charge in [0.2, 0.25) is 0 Å². The van der Waals surface area contributed by atoms with Gasteiger partial charge in [0.1, 0.15) is 18.4 Å². The van der Waals surface area contributed by atoms with Crippen molar-refractivity contribution in [3.63, 3.8) is 0 Å². The summed E-state index contributed by atoms with van der Waals surface area (Å²) in [6, 6.07) is 0. The highest BCUT2D eigenvalue weighted by atomic mass is 127. The van der Waals surface area contributed by atoms with E-state index >= 15 is 0 Å². The number of rotatable bonds is 6. The van der Waals surface area contributed by atoms with Crippen LogP contribution < -0.4 is 11.2 Å². The number of phosphoric ester groups is 1. The number of aliphatic hydroxyl groups is 1. The van der Waals surface area contributed by atoms with E-state index < -0.39 is 55.3 Å². The van der Waals surface area contributed by atoms with Gasteiger partial charge in [0.15, 0.2) is 0 Å². The summed E-state index contributed by atoms with van der Waals surface area (Å²) >= 11 is 1.80. The Morgan fingerprint density at radius 2 is 1.79 bits per heavy atom. The summed E-state index contributed by atoms with van der Waals surface area (Å²) in [7, 11) is -4.05. The van der Waals surface area contributed by atoms with Crippen molar-refractivity contribution in [2.24, 2.45) is 0 Å². The molecule has 0 bridgehead atoms. The molecule has 0 saturated carbocycles. The lowest BCUT2D eigenvalue weighted by atomic mass is 10.2. The first-order valence-corrected chi connectivity index (χ1v) is 11.6. The molecule has 0 aliphatic carbocycles. The predicted octanol–water partition coefficient (Wildman–Crippen LogP) is 2.54. The zero-order chi connectivity index (χ0) is 22.2. The number of nitrogens with one attached hydrogen (secondary N) is 1. The lowest BCUT2D eigenvalue weighted by molar-refractivity contribution is -0.0580. The molecular formula is C17H28IN2O8P. The first kappa shape index (κ1) is 24.7. The minimum absolute atomic E-state index is 0.0955. The number of halogens is 1. The molecule has 1 aromatic rings. The van der Waals surface area contributed by atoms with Gasteiger partial charge in [0, 0.05) is 12.6 Å². The van der Waals surface area contributed by atoms with Crippen LogP contribution in [-0.2, 0) is 22.9 Å². The second-order valence-corrected chi connectivity index (χ2v) is 11.3. The fraction of sp³-hybridized carbons (Fsp3) is 0.765. The van der Waals surface area contributed by atoms with E-state index in [9.17, 15) is 19.3 Å². The van der Waals surface area contributed by atoms with Crippen LogP contribution in [0.25, 0.3) is 0 Å². The Balaban J connectivity index is 2.30. The van der Waals surface area contributed by atoms with E-state index in [0.29, 0.717) is 3.57 Å². The number of aliphatic hydroxyl groups excluding tert-OH is 1. The largest absolute Gasteiger partial charge is 0.476 e. The topological polar surface area (TPSA) is 129 Å². The molecule has 3 atom stereocenters. The molecule has 1 saturated heterocycles. The Morgan fingerprint density at radius 1 is 1.24 bits per heavy atom. The van der Waals surface area contributed by atoms with Crippen LogP contribution in [0, 0.1) is 3.57 Å². The van der Waals surface area contributed by atoms with Crippen molar-refractivity contribution in [1.82, 2.24) is 9.55 Å². The molecule has 0 unspecified atom stereocenters. The number of aromatic amines is 1. The molecule has 1 fully saturated rings. The molecule has 0 amide bonds. The Bertz CT molecular complexity index is 865. The van der Waals surface area contributed by atoms with Gasteiger partial charge in [-0.25, -0.2) is 9.36 Å². The highest BCUT2D eigenvalue weighted by Gasteiger charge is 2.45. The van der Waals surface area contributed by atoms with Crippen molar-refractivity contribution in [1.29, 1.82) is 0 Å². The summed E-state index contributed by atoms with van der Waals surface area (Å²) in [5.74, 6) is 0. The molecule has 1 aliphatic heterocycles. The van der Waals surface area contributed by atoms with Gasteiger partial charge in [-0.15, -0.1) is 0 Å². The Kier molecular flexibility index (Phi) is 7.58. The zero-order valence-electron chi connectivity index (χ0n) is 17.3. The Labute approximate surface area is 182 Å². The standard InChI is InChI=1S/C17H28IN2O8P/c1-16(2,3)27-29(24,28-17(4,5)6)26-11-7-13(25-12(11)9-21)20-8-10(18)14(22)19-15(20)23/h8,11-13,21H,7,9H2,1-6H3,(H,19,22,23)/t11-,12+,13+/m0/s1. The van der Waals surface area contributed by atoms with Gasteiger partial charge in [-0.1, -0.05) is 0 Å². The number of hydrogen-bond donors (Lipinski definition) is 2. The number of nitrogens with zero attached hydrogens (tertiary/aromatic N) is 1. The van der Waals surface area contributed by atoms with Gasteiger partial charge < -0.3 is 9.84 Å². The third-order valence-corrected chi connectivity index (χ3v) is 6.47. The molecule has 29 heavy (non-hydrogen) atoms. The quantitative estimate of drug-likeness (QED) is 0.412. The molecule has 0 spiro atoms. The third kappa shape index (κ3) is 6.98. The van der Waals surface area contributed by atoms with Gasteiger partial charge in [-0.05, 0) is 64.1 Å². The van der Waals surface area contributed by atoms with Gasteiger partial charge in [-0.2, -0.15) is 0 Å². The van der Waals surface area contributed by atoms with Crippen molar-refractivity contribution in [3.05, 3.63) is 30.6 Å².